The molecule has 0 fully saturated rings. The molecule has 3 rings (SSSR count). The van der Waals surface area contributed by atoms with Crippen LogP contribution in [0.2, 0.25) is 0 Å². The van der Waals surface area contributed by atoms with Crippen LogP contribution in [-0.4, -0.2) is 49.7 Å². The van der Waals surface area contributed by atoms with Crippen molar-refractivity contribution in [3.05, 3.63) is 72.6 Å². The fourth-order valence-electron chi connectivity index (χ4n) is 2.91. The lowest BCUT2D eigenvalue weighted by Gasteiger charge is -2.13. The molecule has 0 aliphatic carbocycles. The second kappa shape index (κ2) is 11.6. The van der Waals surface area contributed by atoms with Gasteiger partial charge in [0.25, 0.3) is 0 Å². The molecule has 0 amide bonds. The number of aromatic nitrogens is 2. The van der Waals surface area contributed by atoms with E-state index in [-0.39, 0.29) is 0 Å². The lowest BCUT2D eigenvalue weighted by Crippen LogP contribution is -2.32. The Morgan fingerprint density at radius 3 is 2.77 bits per heavy atom. The quantitative estimate of drug-likeness (QED) is 0.306. The summed E-state index contributed by atoms with van der Waals surface area (Å²) in [5, 5.41) is 11.1. The predicted octanol–water partition coefficient (Wildman–Crippen LogP) is 3.52. The van der Waals surface area contributed by atoms with Gasteiger partial charge in [-0.1, -0.05) is 24.3 Å². The molecule has 0 unspecified atom stereocenters. The number of guanidine groups is 1. The molecule has 1 heterocycles. The van der Waals surface area contributed by atoms with E-state index in [1.54, 1.807) is 14.2 Å². The number of rotatable bonds is 10. The summed E-state index contributed by atoms with van der Waals surface area (Å²) in [6, 6.07) is 17.9. The minimum atomic E-state index is 0.626. The topological polar surface area (TPSA) is 72.7 Å². The average Bonchev–Trinajstić information content (AvgIpc) is 3.26. The second-order valence-electron chi connectivity index (χ2n) is 6.73. The lowest BCUT2D eigenvalue weighted by atomic mass is 10.2. The van der Waals surface area contributed by atoms with Crippen molar-refractivity contribution >= 4 is 11.6 Å². The van der Waals surface area contributed by atoms with E-state index in [9.17, 15) is 0 Å². The zero-order valence-corrected chi connectivity index (χ0v) is 17.5. The van der Waals surface area contributed by atoms with Crippen LogP contribution in [0.25, 0.3) is 5.69 Å². The molecule has 158 valence electrons. The van der Waals surface area contributed by atoms with Gasteiger partial charge in [-0.15, -0.1) is 0 Å². The number of para-hydroxylation sites is 1. The molecule has 0 spiro atoms. The van der Waals surface area contributed by atoms with Crippen molar-refractivity contribution in [1.82, 2.24) is 15.1 Å². The van der Waals surface area contributed by atoms with Gasteiger partial charge in [-0.3, -0.25) is 4.99 Å². The Kier molecular flexibility index (Phi) is 8.29. The maximum Gasteiger partial charge on any atom is 0.195 e. The summed E-state index contributed by atoms with van der Waals surface area (Å²) in [5.41, 5.74) is 3.14. The van der Waals surface area contributed by atoms with Gasteiger partial charge in [0.2, 0.25) is 0 Å². The Labute approximate surface area is 177 Å². The molecule has 0 atom stereocenters. The largest absolute Gasteiger partial charge is 0.493 e. The molecule has 2 N–H and O–H groups in total. The monoisotopic (exact) mass is 407 g/mol. The molecule has 0 saturated carbocycles. The number of nitrogens with zero attached hydrogens (tertiary/aromatic N) is 3. The minimum absolute atomic E-state index is 0.626. The van der Waals surface area contributed by atoms with Crippen LogP contribution in [-0.2, 0) is 11.2 Å². The Morgan fingerprint density at radius 1 is 1.10 bits per heavy atom. The minimum Gasteiger partial charge on any atom is -0.493 e. The van der Waals surface area contributed by atoms with Crippen LogP contribution in [0.5, 0.6) is 5.75 Å². The second-order valence-corrected chi connectivity index (χ2v) is 6.73. The van der Waals surface area contributed by atoms with E-state index < -0.39 is 0 Å². The van der Waals surface area contributed by atoms with Crippen LogP contribution in [0.1, 0.15) is 12.0 Å². The van der Waals surface area contributed by atoms with Crippen LogP contribution in [0.3, 0.4) is 0 Å². The number of aliphatic imine (C=N–C) groups is 1. The number of anilines is 1. The van der Waals surface area contributed by atoms with E-state index >= 15 is 0 Å². The van der Waals surface area contributed by atoms with Crippen molar-refractivity contribution < 1.29 is 9.47 Å². The maximum absolute atomic E-state index is 5.75. The van der Waals surface area contributed by atoms with E-state index in [4.69, 9.17) is 9.47 Å². The number of hydrogen-bond donors (Lipinski definition) is 2. The van der Waals surface area contributed by atoms with E-state index in [0.717, 1.165) is 42.1 Å². The molecule has 2 aromatic carbocycles. The third-order valence-electron chi connectivity index (χ3n) is 4.44. The molecule has 7 nitrogen and oxygen atoms in total. The van der Waals surface area contributed by atoms with E-state index in [1.165, 1.54) is 0 Å². The average molecular weight is 408 g/mol. The smallest absolute Gasteiger partial charge is 0.195 e. The van der Waals surface area contributed by atoms with Gasteiger partial charge in [0.1, 0.15) is 5.75 Å². The maximum atomic E-state index is 5.75. The molecule has 30 heavy (non-hydrogen) atoms. The molecule has 3 aromatic rings. The van der Waals surface area contributed by atoms with Crippen LogP contribution < -0.4 is 15.4 Å². The summed E-state index contributed by atoms with van der Waals surface area (Å²) in [7, 11) is 3.45. The number of nitrogens with one attached hydrogen (secondary N) is 2. The van der Waals surface area contributed by atoms with Crippen molar-refractivity contribution in [2.75, 3.05) is 39.2 Å². The standard InChI is InChI=1S/C23H29N5O2/c1-24-23(27-20-8-6-11-22(16-20)30-15-7-14-29-2)25-13-12-19-17-26-28(18-19)21-9-4-3-5-10-21/h3-6,8-11,16-18H,7,12-15H2,1-2H3,(H2,24,25,27). The molecule has 0 aliphatic heterocycles. The SMILES string of the molecule is CN=C(NCCc1cnn(-c2ccccc2)c1)Nc1cccc(OCCCOC)c1. The van der Waals surface area contributed by atoms with E-state index in [2.05, 4.69) is 26.9 Å². The van der Waals surface area contributed by atoms with E-state index in [0.29, 0.717) is 19.2 Å². The number of ether oxygens (including phenoxy) is 2. The van der Waals surface area contributed by atoms with Crippen LogP contribution >= 0.6 is 0 Å². The molecule has 0 bridgehead atoms. The molecule has 0 saturated heterocycles. The van der Waals surface area contributed by atoms with Crippen molar-refractivity contribution in [3.63, 3.8) is 0 Å². The first kappa shape index (κ1) is 21.4. The van der Waals surface area contributed by atoms with Gasteiger partial charge in [0.15, 0.2) is 5.96 Å². The van der Waals surface area contributed by atoms with Gasteiger partial charge < -0.3 is 20.1 Å². The van der Waals surface area contributed by atoms with Crippen LogP contribution in [0.15, 0.2) is 72.0 Å². The number of hydrogen-bond acceptors (Lipinski definition) is 4. The van der Waals surface area contributed by atoms with E-state index in [1.807, 2.05) is 65.5 Å². The third-order valence-corrected chi connectivity index (χ3v) is 4.44. The zero-order chi connectivity index (χ0) is 21.0. The summed E-state index contributed by atoms with van der Waals surface area (Å²) in [5.74, 6) is 1.53. The summed E-state index contributed by atoms with van der Waals surface area (Å²) in [6.45, 7) is 2.06. The zero-order valence-electron chi connectivity index (χ0n) is 17.5. The Hall–Kier alpha value is -3.32. The van der Waals surface area contributed by atoms with Gasteiger partial charge >= 0.3 is 0 Å². The normalized spacial score (nSPS) is 11.3. The summed E-state index contributed by atoms with van der Waals surface area (Å²) in [6.07, 6.45) is 5.65. The van der Waals surface area contributed by atoms with Gasteiger partial charge in [0.05, 0.1) is 18.5 Å². The molecular formula is C23H29N5O2. The summed E-state index contributed by atoms with van der Waals surface area (Å²) >= 11 is 0. The van der Waals surface area contributed by atoms with Crippen molar-refractivity contribution in [2.24, 2.45) is 4.99 Å². The van der Waals surface area contributed by atoms with Crippen LogP contribution in [0.4, 0.5) is 5.69 Å². The highest BCUT2D eigenvalue weighted by Gasteiger charge is 2.04. The first-order valence-electron chi connectivity index (χ1n) is 10.1. The highest BCUT2D eigenvalue weighted by Crippen LogP contribution is 2.17. The Bertz CT molecular complexity index is 924. The van der Waals surface area contributed by atoms with Crippen molar-refractivity contribution in [3.8, 4) is 11.4 Å². The highest BCUT2D eigenvalue weighted by molar-refractivity contribution is 5.93. The van der Waals surface area contributed by atoms with Crippen molar-refractivity contribution in [2.45, 2.75) is 12.8 Å². The first-order valence-corrected chi connectivity index (χ1v) is 10.1. The van der Waals surface area contributed by atoms with Crippen molar-refractivity contribution in [1.29, 1.82) is 0 Å². The fourth-order valence-corrected chi connectivity index (χ4v) is 2.91. The third kappa shape index (κ3) is 6.63. The predicted molar refractivity (Wildman–Crippen MR) is 121 cm³/mol. The van der Waals surface area contributed by atoms with Gasteiger partial charge in [-0.25, -0.2) is 4.68 Å². The fraction of sp³-hybridized carbons (Fsp3) is 0.304. The highest BCUT2D eigenvalue weighted by atomic mass is 16.5. The van der Waals surface area contributed by atoms with Gasteiger partial charge in [-0.2, -0.15) is 5.10 Å². The first-order chi connectivity index (χ1) is 14.8. The molecule has 0 aliphatic rings. The Morgan fingerprint density at radius 2 is 1.97 bits per heavy atom. The number of methoxy groups -OCH3 is 1. The van der Waals surface area contributed by atoms with Gasteiger partial charge in [0, 0.05) is 51.7 Å². The summed E-state index contributed by atoms with van der Waals surface area (Å²) in [4.78, 5) is 4.30. The molecule has 1 aromatic heterocycles. The Balaban J connectivity index is 1.47. The molecule has 0 radical (unpaired) electrons. The summed E-state index contributed by atoms with van der Waals surface area (Å²) < 4.78 is 12.7. The molecule has 7 heteroatoms. The van der Waals surface area contributed by atoms with Gasteiger partial charge in [-0.05, 0) is 36.2 Å². The molecular weight excluding hydrogens is 378 g/mol. The number of benzene rings is 2. The lowest BCUT2D eigenvalue weighted by molar-refractivity contribution is 0.172. The van der Waals surface area contributed by atoms with Crippen LogP contribution in [0, 0.1) is 0 Å².